The van der Waals surface area contributed by atoms with Crippen LogP contribution in [0.1, 0.15) is 56.9 Å². The molecule has 3 N–H and O–H groups in total. The number of aromatic nitrogens is 2. The van der Waals surface area contributed by atoms with Crippen LogP contribution in [0.2, 0.25) is 0 Å². The van der Waals surface area contributed by atoms with Crippen molar-refractivity contribution in [1.82, 2.24) is 15.3 Å². The van der Waals surface area contributed by atoms with Gasteiger partial charge in [0.25, 0.3) is 0 Å². The average molecular weight is 585 g/mol. The van der Waals surface area contributed by atoms with Crippen molar-refractivity contribution >= 4 is 27.4 Å². The van der Waals surface area contributed by atoms with E-state index in [1.807, 2.05) is 13.8 Å². The summed E-state index contributed by atoms with van der Waals surface area (Å²) in [5.74, 6) is 1.89. The molecule has 7 rings (SSSR count). The first-order chi connectivity index (χ1) is 20.4. The van der Waals surface area contributed by atoms with Crippen molar-refractivity contribution in [3.8, 4) is 35.2 Å². The SMILES string of the molecule is C#Cc1c(F)ccc2cc(O)cc(-c3nc4c5c(nc(CCC(C)(C)O)c(C)c5c3F)N3C[C@H]5CC[C@H](N5)[C@H]3[C@H](C)O4)c12. The van der Waals surface area contributed by atoms with Gasteiger partial charge >= 0.3 is 0 Å². The number of nitrogens with zero attached hydrogens (tertiary/aromatic N) is 3. The zero-order valence-electron chi connectivity index (χ0n) is 24.6. The number of piperazine rings is 1. The van der Waals surface area contributed by atoms with Crippen molar-refractivity contribution in [2.45, 2.75) is 83.2 Å². The number of nitrogens with one attached hydrogen (secondary N) is 1. The maximum atomic E-state index is 17.2. The van der Waals surface area contributed by atoms with Crippen LogP contribution in [-0.2, 0) is 6.42 Å². The van der Waals surface area contributed by atoms with E-state index in [-0.39, 0.29) is 52.0 Å². The summed E-state index contributed by atoms with van der Waals surface area (Å²) in [4.78, 5) is 12.2. The van der Waals surface area contributed by atoms with E-state index in [0.717, 1.165) is 12.8 Å². The van der Waals surface area contributed by atoms with Crippen molar-refractivity contribution in [3.63, 3.8) is 0 Å². The molecule has 0 radical (unpaired) electrons. The first kappa shape index (κ1) is 27.8. The van der Waals surface area contributed by atoms with Gasteiger partial charge in [0.05, 0.1) is 22.6 Å². The number of aryl methyl sites for hydroxylation is 2. The van der Waals surface area contributed by atoms with Crippen LogP contribution < -0.4 is 15.0 Å². The van der Waals surface area contributed by atoms with Gasteiger partial charge in [-0.25, -0.2) is 18.7 Å². The van der Waals surface area contributed by atoms with E-state index in [2.05, 4.69) is 16.1 Å². The minimum atomic E-state index is -0.936. The summed E-state index contributed by atoms with van der Waals surface area (Å²) in [5.41, 5.74) is 0.410. The zero-order valence-corrected chi connectivity index (χ0v) is 24.6. The number of terminal acetylenes is 1. The Balaban J connectivity index is 1.56. The van der Waals surface area contributed by atoms with Gasteiger partial charge < -0.3 is 25.2 Å². The molecule has 2 bridgehead atoms. The molecule has 2 saturated heterocycles. The summed E-state index contributed by atoms with van der Waals surface area (Å²) in [6.45, 7) is 8.01. The molecular weight excluding hydrogens is 550 g/mol. The average Bonchev–Trinajstić information content (AvgIpc) is 3.27. The topological polar surface area (TPSA) is 90.7 Å². The Morgan fingerprint density at radius 2 is 1.95 bits per heavy atom. The molecule has 0 amide bonds. The van der Waals surface area contributed by atoms with Crippen molar-refractivity contribution in [3.05, 3.63) is 52.7 Å². The van der Waals surface area contributed by atoms with Crippen molar-refractivity contribution in [2.24, 2.45) is 0 Å². The number of hydrogen-bond acceptors (Lipinski definition) is 7. The third kappa shape index (κ3) is 4.38. The van der Waals surface area contributed by atoms with E-state index >= 15 is 4.39 Å². The quantitative estimate of drug-likeness (QED) is 0.272. The molecule has 0 unspecified atom stereocenters. The molecule has 4 atom stereocenters. The Bertz CT molecular complexity index is 1860. The molecule has 2 aromatic carbocycles. The van der Waals surface area contributed by atoms with Gasteiger partial charge in [-0.1, -0.05) is 12.0 Å². The smallest absolute Gasteiger partial charge is 0.226 e. The number of pyridine rings is 2. The minimum Gasteiger partial charge on any atom is -0.508 e. The minimum absolute atomic E-state index is 0.0359. The largest absolute Gasteiger partial charge is 0.508 e. The van der Waals surface area contributed by atoms with Gasteiger partial charge in [0.15, 0.2) is 5.82 Å². The van der Waals surface area contributed by atoms with Crippen LogP contribution in [0.5, 0.6) is 11.6 Å². The lowest BCUT2D eigenvalue weighted by atomic mass is 9.93. The lowest BCUT2D eigenvalue weighted by Crippen LogP contribution is -2.62. The monoisotopic (exact) mass is 584 g/mol. The van der Waals surface area contributed by atoms with E-state index in [9.17, 15) is 14.6 Å². The van der Waals surface area contributed by atoms with E-state index in [1.54, 1.807) is 13.8 Å². The highest BCUT2D eigenvalue weighted by atomic mass is 19.1. The van der Waals surface area contributed by atoms with Crippen LogP contribution in [0.3, 0.4) is 0 Å². The zero-order chi connectivity index (χ0) is 30.4. The first-order valence-corrected chi connectivity index (χ1v) is 14.8. The van der Waals surface area contributed by atoms with Crippen LogP contribution in [0, 0.1) is 30.9 Å². The van der Waals surface area contributed by atoms with E-state index in [1.165, 1.54) is 24.3 Å². The Labute approximate surface area is 248 Å². The summed E-state index contributed by atoms with van der Waals surface area (Å²) in [6, 6.07) is 5.99. The van der Waals surface area contributed by atoms with E-state index in [4.69, 9.17) is 21.1 Å². The van der Waals surface area contributed by atoms with Crippen molar-refractivity contribution in [2.75, 3.05) is 11.4 Å². The summed E-state index contributed by atoms with van der Waals surface area (Å²) in [7, 11) is 0. The molecule has 3 aliphatic rings. The number of fused-ring (bicyclic) bond motifs is 6. The van der Waals surface area contributed by atoms with Crippen LogP contribution in [0.15, 0.2) is 24.3 Å². The fraction of sp³-hybridized carbons (Fsp3) is 0.412. The molecule has 9 heteroatoms. The van der Waals surface area contributed by atoms with Crippen molar-refractivity contribution < 1.29 is 23.7 Å². The number of anilines is 1. The molecule has 4 aromatic rings. The van der Waals surface area contributed by atoms with Crippen LogP contribution in [0.4, 0.5) is 14.6 Å². The molecular formula is C34H34F2N4O3. The second-order valence-electron chi connectivity index (χ2n) is 12.8. The van der Waals surface area contributed by atoms with Crippen LogP contribution >= 0.6 is 0 Å². The second kappa shape index (κ2) is 9.76. The highest BCUT2D eigenvalue weighted by Gasteiger charge is 2.47. The molecule has 7 nitrogen and oxygen atoms in total. The van der Waals surface area contributed by atoms with E-state index < -0.39 is 17.2 Å². The normalized spacial score (nSPS) is 22.8. The molecule has 0 saturated carbocycles. The number of aliphatic hydroxyl groups is 1. The Morgan fingerprint density at radius 3 is 2.70 bits per heavy atom. The maximum absolute atomic E-state index is 17.2. The van der Waals surface area contributed by atoms with Gasteiger partial charge in [0.2, 0.25) is 5.88 Å². The Hall–Kier alpha value is -4.00. The molecule has 43 heavy (non-hydrogen) atoms. The molecule has 2 aromatic heterocycles. The summed E-state index contributed by atoms with van der Waals surface area (Å²) in [5, 5.41) is 26.4. The number of phenolic OH excluding ortho intramolecular Hbond substituents is 1. The van der Waals surface area contributed by atoms with Gasteiger partial charge in [-0.05, 0) is 82.5 Å². The summed E-state index contributed by atoms with van der Waals surface area (Å²) in [6.07, 6.45) is 8.34. The lowest BCUT2D eigenvalue weighted by Gasteiger charge is -2.43. The molecule has 3 aliphatic heterocycles. The fourth-order valence-corrected chi connectivity index (χ4v) is 7.30. The third-order valence-electron chi connectivity index (χ3n) is 9.32. The number of benzene rings is 2. The molecule has 0 spiro atoms. The molecule has 222 valence electrons. The maximum Gasteiger partial charge on any atom is 0.226 e. The van der Waals surface area contributed by atoms with E-state index in [0.29, 0.717) is 58.7 Å². The predicted octanol–water partition coefficient (Wildman–Crippen LogP) is 5.52. The highest BCUT2D eigenvalue weighted by Crippen LogP contribution is 2.47. The summed E-state index contributed by atoms with van der Waals surface area (Å²) < 4.78 is 38.7. The lowest BCUT2D eigenvalue weighted by molar-refractivity contribution is 0.0711. The Kier molecular flexibility index (Phi) is 6.31. The van der Waals surface area contributed by atoms with Crippen LogP contribution in [0.25, 0.3) is 32.8 Å². The third-order valence-corrected chi connectivity index (χ3v) is 9.32. The molecule has 5 heterocycles. The predicted molar refractivity (Wildman–Crippen MR) is 163 cm³/mol. The molecule has 2 fully saturated rings. The van der Waals surface area contributed by atoms with Gasteiger partial charge in [-0.15, -0.1) is 6.42 Å². The molecule has 0 aliphatic carbocycles. The number of phenols is 1. The van der Waals surface area contributed by atoms with Crippen molar-refractivity contribution in [1.29, 1.82) is 0 Å². The standard InChI is InChI=1S/C34H34F2N4O3/c1-6-21-23(35)9-7-18-13-20(41)14-22(27(18)21)30-29(36)26-16(2)24(11-12-34(4,5)42)38-32-28(26)33(39-30)43-17(3)31-25-10-8-19(37-25)15-40(31)32/h1,7,9,13-14,17,19,25,31,37,41-42H,8,10-12,15H2,2-5H3/t17-,19+,25-,31+/m0/s1. The number of halogens is 2. The second-order valence-corrected chi connectivity index (χ2v) is 12.8. The fourth-order valence-electron chi connectivity index (χ4n) is 7.30. The van der Waals surface area contributed by atoms with Gasteiger partial charge in [-0.3, -0.25) is 0 Å². The summed E-state index contributed by atoms with van der Waals surface area (Å²) >= 11 is 0. The first-order valence-electron chi connectivity index (χ1n) is 14.8. The number of hydrogen-bond donors (Lipinski definition) is 3. The van der Waals surface area contributed by atoms with Crippen LogP contribution in [-0.4, -0.2) is 56.6 Å². The number of rotatable bonds is 4. The Morgan fingerprint density at radius 1 is 1.16 bits per heavy atom. The number of aromatic hydroxyl groups is 1. The highest BCUT2D eigenvalue weighted by molar-refractivity contribution is 6.06. The van der Waals surface area contributed by atoms with Gasteiger partial charge in [-0.2, -0.15) is 0 Å². The number of ether oxygens (including phenoxy) is 1. The van der Waals surface area contributed by atoms with Gasteiger partial charge in [0.1, 0.15) is 29.2 Å². The van der Waals surface area contributed by atoms with Gasteiger partial charge in [0, 0.05) is 40.7 Å².